The van der Waals surface area contributed by atoms with Crippen molar-refractivity contribution in [1.82, 2.24) is 10.3 Å². The molecule has 2 aromatic rings. The van der Waals surface area contributed by atoms with E-state index >= 15 is 0 Å². The molecule has 28 heavy (non-hydrogen) atoms. The molecule has 3 rings (SSSR count). The summed E-state index contributed by atoms with van der Waals surface area (Å²) in [5.74, 6) is 3.03. The van der Waals surface area contributed by atoms with Gasteiger partial charge in [0.25, 0.3) is 0 Å². The summed E-state index contributed by atoms with van der Waals surface area (Å²) in [7, 11) is 3.41. The minimum Gasteiger partial charge on any atom is -0.496 e. The number of fused-ring (bicyclic) bond motifs is 1. The van der Waals surface area contributed by atoms with Crippen LogP contribution in [0.2, 0.25) is 0 Å². The van der Waals surface area contributed by atoms with Gasteiger partial charge in [0.2, 0.25) is 0 Å². The number of methoxy groups -OCH3 is 1. The lowest BCUT2D eigenvalue weighted by atomic mass is 10.1. The zero-order valence-electron chi connectivity index (χ0n) is 16.7. The highest BCUT2D eigenvalue weighted by Gasteiger charge is 2.12. The Bertz CT molecular complexity index is 842. The largest absolute Gasteiger partial charge is 0.496 e. The van der Waals surface area contributed by atoms with Crippen molar-refractivity contribution in [2.24, 2.45) is 4.99 Å². The molecule has 1 aromatic carbocycles. The smallest absolute Gasteiger partial charge is 0.195 e. The molecule has 0 saturated carbocycles. The molecule has 0 saturated heterocycles. The average Bonchev–Trinajstić information content (AvgIpc) is 2.91. The van der Waals surface area contributed by atoms with Crippen LogP contribution in [-0.2, 0) is 6.54 Å². The Morgan fingerprint density at radius 3 is 2.68 bits per heavy atom. The van der Waals surface area contributed by atoms with Crippen molar-refractivity contribution in [2.75, 3.05) is 32.7 Å². The number of halogens is 1. The van der Waals surface area contributed by atoms with E-state index in [2.05, 4.69) is 20.6 Å². The summed E-state index contributed by atoms with van der Waals surface area (Å²) in [4.78, 5) is 8.79. The summed E-state index contributed by atoms with van der Waals surface area (Å²) in [6.07, 6.45) is 2.70. The number of aliphatic imine (C=N–C) groups is 1. The Balaban J connectivity index is 0.00000280. The predicted molar refractivity (Wildman–Crippen MR) is 122 cm³/mol. The summed E-state index contributed by atoms with van der Waals surface area (Å²) >= 11 is 0. The molecule has 8 heteroatoms. The van der Waals surface area contributed by atoms with Crippen molar-refractivity contribution in [3.63, 3.8) is 0 Å². The molecule has 0 atom stereocenters. The molecule has 0 aliphatic carbocycles. The van der Waals surface area contributed by atoms with E-state index in [-0.39, 0.29) is 24.0 Å². The van der Waals surface area contributed by atoms with E-state index in [1.54, 1.807) is 14.2 Å². The molecular weight excluding hydrogens is 471 g/mol. The number of aromatic nitrogens is 1. The van der Waals surface area contributed by atoms with Crippen LogP contribution in [0.25, 0.3) is 0 Å². The Hall–Kier alpha value is -2.23. The third-order valence-corrected chi connectivity index (χ3v) is 4.41. The van der Waals surface area contributed by atoms with Crippen LogP contribution in [-0.4, -0.2) is 38.3 Å². The molecule has 0 bridgehead atoms. The summed E-state index contributed by atoms with van der Waals surface area (Å²) < 4.78 is 16.9. The van der Waals surface area contributed by atoms with Crippen LogP contribution in [0.1, 0.15) is 23.2 Å². The Labute approximate surface area is 182 Å². The topological polar surface area (TPSA) is 77.0 Å². The fourth-order valence-electron chi connectivity index (χ4n) is 2.97. The Kier molecular flexibility index (Phi) is 8.16. The van der Waals surface area contributed by atoms with Gasteiger partial charge in [-0.25, -0.2) is 0 Å². The van der Waals surface area contributed by atoms with Crippen molar-refractivity contribution in [1.29, 1.82) is 0 Å². The number of hydrogen-bond acceptors (Lipinski definition) is 5. The number of nitrogens with zero attached hydrogens (tertiary/aromatic N) is 2. The fraction of sp³-hybridized carbons (Fsp3) is 0.400. The van der Waals surface area contributed by atoms with Crippen LogP contribution in [0.3, 0.4) is 0 Å². The zero-order chi connectivity index (χ0) is 19.2. The van der Waals surface area contributed by atoms with Gasteiger partial charge in [-0.1, -0.05) is 0 Å². The van der Waals surface area contributed by atoms with Gasteiger partial charge in [-0.15, -0.1) is 24.0 Å². The molecule has 0 unspecified atom stereocenters. The lowest BCUT2D eigenvalue weighted by Gasteiger charge is -2.16. The van der Waals surface area contributed by atoms with Crippen LogP contribution < -0.4 is 24.8 Å². The lowest BCUT2D eigenvalue weighted by molar-refractivity contribution is 0.297. The molecule has 1 aromatic heterocycles. The third kappa shape index (κ3) is 5.18. The Morgan fingerprint density at radius 1 is 1.21 bits per heavy atom. The zero-order valence-corrected chi connectivity index (χ0v) is 19.0. The minimum atomic E-state index is 0. The second kappa shape index (κ2) is 10.4. The summed E-state index contributed by atoms with van der Waals surface area (Å²) in [6.45, 7) is 5.86. The van der Waals surface area contributed by atoms with Gasteiger partial charge in [-0.05, 0) is 26.0 Å². The number of ether oxygens (including phenoxy) is 3. The molecule has 0 fully saturated rings. The van der Waals surface area contributed by atoms with Gasteiger partial charge in [0.1, 0.15) is 5.75 Å². The van der Waals surface area contributed by atoms with Gasteiger partial charge in [0, 0.05) is 42.5 Å². The summed E-state index contributed by atoms with van der Waals surface area (Å²) in [6, 6.07) is 5.78. The van der Waals surface area contributed by atoms with E-state index in [0.717, 1.165) is 46.2 Å². The molecule has 2 heterocycles. The van der Waals surface area contributed by atoms with Gasteiger partial charge < -0.3 is 24.8 Å². The minimum absolute atomic E-state index is 0. The van der Waals surface area contributed by atoms with Crippen molar-refractivity contribution < 1.29 is 14.2 Å². The molecule has 1 aliphatic rings. The molecule has 0 radical (unpaired) electrons. The summed E-state index contributed by atoms with van der Waals surface area (Å²) in [5.41, 5.74) is 3.84. The van der Waals surface area contributed by atoms with E-state index in [9.17, 15) is 0 Å². The van der Waals surface area contributed by atoms with Crippen molar-refractivity contribution in [3.8, 4) is 17.2 Å². The molecule has 152 valence electrons. The quantitative estimate of drug-likeness (QED) is 0.381. The fourth-order valence-corrected chi connectivity index (χ4v) is 2.97. The second-order valence-electron chi connectivity index (χ2n) is 6.31. The summed E-state index contributed by atoms with van der Waals surface area (Å²) in [5, 5.41) is 6.56. The first-order chi connectivity index (χ1) is 13.1. The first-order valence-electron chi connectivity index (χ1n) is 8.98. The number of anilines is 1. The van der Waals surface area contributed by atoms with Crippen LogP contribution >= 0.6 is 24.0 Å². The maximum atomic E-state index is 5.74. The van der Waals surface area contributed by atoms with Gasteiger partial charge in [0.15, 0.2) is 17.5 Å². The SMILES string of the molecule is CN=C(NCc1ncc(C)c(OC)c1C)Nc1ccc2c(c1)OCCCO2.I. The van der Waals surface area contributed by atoms with Crippen LogP contribution in [0.5, 0.6) is 17.2 Å². The molecule has 2 N–H and O–H groups in total. The van der Waals surface area contributed by atoms with Crippen molar-refractivity contribution >= 4 is 35.6 Å². The van der Waals surface area contributed by atoms with Crippen LogP contribution in [0, 0.1) is 13.8 Å². The predicted octanol–water partition coefficient (Wildman–Crippen LogP) is 3.67. The third-order valence-electron chi connectivity index (χ3n) is 4.41. The molecule has 0 spiro atoms. The normalized spacial score (nSPS) is 13.2. The second-order valence-corrected chi connectivity index (χ2v) is 6.31. The first kappa shape index (κ1) is 22.1. The maximum absolute atomic E-state index is 5.74. The first-order valence-corrected chi connectivity index (χ1v) is 8.98. The number of nitrogens with one attached hydrogen (secondary N) is 2. The molecule has 7 nitrogen and oxygen atoms in total. The van der Waals surface area contributed by atoms with E-state index < -0.39 is 0 Å². The number of aryl methyl sites for hydroxylation is 1. The standard InChI is InChI=1S/C20H26N4O3.HI/c1-13-11-22-16(14(2)19(13)25-4)12-23-20(21-3)24-15-6-7-17-18(10-15)27-9-5-8-26-17;/h6-7,10-11H,5,8-9,12H2,1-4H3,(H2,21,23,24);1H. The molecule has 1 aliphatic heterocycles. The highest BCUT2D eigenvalue weighted by Crippen LogP contribution is 2.32. The van der Waals surface area contributed by atoms with Gasteiger partial charge in [-0.2, -0.15) is 0 Å². The monoisotopic (exact) mass is 498 g/mol. The number of benzene rings is 1. The number of rotatable bonds is 4. The number of hydrogen-bond donors (Lipinski definition) is 2. The highest BCUT2D eigenvalue weighted by atomic mass is 127. The van der Waals surface area contributed by atoms with Crippen molar-refractivity contribution in [2.45, 2.75) is 26.8 Å². The molecule has 0 amide bonds. The van der Waals surface area contributed by atoms with E-state index in [0.29, 0.717) is 25.7 Å². The van der Waals surface area contributed by atoms with Gasteiger partial charge in [-0.3, -0.25) is 9.98 Å². The van der Waals surface area contributed by atoms with Crippen LogP contribution in [0.15, 0.2) is 29.4 Å². The van der Waals surface area contributed by atoms with Crippen LogP contribution in [0.4, 0.5) is 5.69 Å². The maximum Gasteiger partial charge on any atom is 0.195 e. The highest BCUT2D eigenvalue weighted by molar-refractivity contribution is 14.0. The van der Waals surface area contributed by atoms with E-state index in [1.807, 2.05) is 38.2 Å². The number of guanidine groups is 1. The Morgan fingerprint density at radius 2 is 1.96 bits per heavy atom. The molecular formula is C20H27IN4O3. The lowest BCUT2D eigenvalue weighted by Crippen LogP contribution is -2.30. The van der Waals surface area contributed by atoms with E-state index in [1.165, 1.54) is 0 Å². The van der Waals surface area contributed by atoms with Crippen molar-refractivity contribution in [3.05, 3.63) is 41.2 Å². The van der Waals surface area contributed by atoms with E-state index in [4.69, 9.17) is 14.2 Å². The van der Waals surface area contributed by atoms with Gasteiger partial charge in [0.05, 0.1) is 32.6 Å². The number of pyridine rings is 1. The average molecular weight is 498 g/mol. The van der Waals surface area contributed by atoms with Gasteiger partial charge >= 0.3 is 0 Å².